The SMILES string of the molecule is CCSSC(C)(C)CC.COC(C)(CC(C)(C)COc1ccc(/C(C)=N/NC=O)cc1)C(N)=O. The van der Waals surface area contributed by atoms with Crippen LogP contribution in [0.15, 0.2) is 29.4 Å². The lowest BCUT2D eigenvalue weighted by atomic mass is 9.81. The minimum absolute atomic E-state index is 0.316. The van der Waals surface area contributed by atoms with Crippen LogP contribution in [-0.4, -0.2) is 47.8 Å². The number of hydrogen-bond donors (Lipinski definition) is 2. The Morgan fingerprint density at radius 1 is 1.15 bits per heavy atom. The number of hydrazone groups is 1. The molecule has 1 aromatic rings. The summed E-state index contributed by atoms with van der Waals surface area (Å²) in [4.78, 5) is 21.9. The lowest BCUT2D eigenvalue weighted by Gasteiger charge is -2.34. The number of hydrogen-bond acceptors (Lipinski definition) is 7. The maximum Gasteiger partial charge on any atom is 0.249 e. The maximum absolute atomic E-state index is 11.6. The number of carbonyl (C=O) groups is 2. The van der Waals surface area contributed by atoms with E-state index in [-0.39, 0.29) is 5.41 Å². The van der Waals surface area contributed by atoms with E-state index in [0.717, 1.165) is 5.56 Å². The minimum Gasteiger partial charge on any atom is -0.493 e. The Morgan fingerprint density at radius 3 is 2.18 bits per heavy atom. The molecule has 7 nitrogen and oxygen atoms in total. The maximum atomic E-state index is 11.6. The molecule has 1 aromatic carbocycles. The molecule has 0 aliphatic heterocycles. The average Bonchev–Trinajstić information content (AvgIpc) is 2.80. The molecule has 2 amide bonds. The zero-order valence-electron chi connectivity index (χ0n) is 22.2. The Morgan fingerprint density at radius 2 is 1.74 bits per heavy atom. The van der Waals surface area contributed by atoms with Gasteiger partial charge < -0.3 is 15.2 Å². The third kappa shape index (κ3) is 12.7. The van der Waals surface area contributed by atoms with Crippen LogP contribution in [0.25, 0.3) is 0 Å². The average molecular weight is 514 g/mol. The van der Waals surface area contributed by atoms with E-state index in [0.29, 0.717) is 35.6 Å². The van der Waals surface area contributed by atoms with Gasteiger partial charge in [0.25, 0.3) is 0 Å². The van der Waals surface area contributed by atoms with Crippen molar-refractivity contribution in [1.82, 2.24) is 5.43 Å². The summed E-state index contributed by atoms with van der Waals surface area (Å²) >= 11 is 0. The van der Waals surface area contributed by atoms with E-state index < -0.39 is 11.5 Å². The van der Waals surface area contributed by atoms with Crippen LogP contribution >= 0.6 is 21.6 Å². The van der Waals surface area contributed by atoms with Gasteiger partial charge in [-0.05, 0) is 70.4 Å². The van der Waals surface area contributed by atoms with Crippen molar-refractivity contribution in [1.29, 1.82) is 0 Å². The summed E-state index contributed by atoms with van der Waals surface area (Å²) in [5.41, 5.74) is 7.92. The fourth-order valence-corrected chi connectivity index (χ4v) is 4.98. The zero-order chi connectivity index (χ0) is 26.4. The molecule has 1 unspecified atom stereocenters. The number of nitrogens with one attached hydrogen (secondary N) is 1. The smallest absolute Gasteiger partial charge is 0.249 e. The van der Waals surface area contributed by atoms with Crippen LogP contribution in [0, 0.1) is 5.41 Å². The molecule has 0 heterocycles. The molecule has 34 heavy (non-hydrogen) atoms. The highest BCUT2D eigenvalue weighted by atomic mass is 33.1. The lowest BCUT2D eigenvalue weighted by Crippen LogP contribution is -2.47. The largest absolute Gasteiger partial charge is 0.493 e. The van der Waals surface area contributed by atoms with E-state index in [1.807, 2.05) is 59.7 Å². The Kier molecular flexibility index (Phi) is 14.5. The van der Waals surface area contributed by atoms with Crippen LogP contribution in [-0.2, 0) is 14.3 Å². The van der Waals surface area contributed by atoms with Crippen molar-refractivity contribution in [2.45, 2.75) is 78.6 Å². The second-order valence-electron chi connectivity index (χ2n) is 9.50. The molecule has 0 bridgehead atoms. The van der Waals surface area contributed by atoms with Crippen molar-refractivity contribution >= 4 is 39.6 Å². The fraction of sp³-hybridized carbons (Fsp3) is 0.640. The second kappa shape index (κ2) is 15.3. The molecule has 0 aromatic heterocycles. The van der Waals surface area contributed by atoms with Gasteiger partial charge in [-0.25, -0.2) is 5.43 Å². The Bertz CT molecular complexity index is 783. The second-order valence-corrected chi connectivity index (χ2v) is 12.8. The summed E-state index contributed by atoms with van der Waals surface area (Å²) in [5.74, 6) is 1.42. The van der Waals surface area contributed by atoms with Crippen molar-refractivity contribution in [2.24, 2.45) is 16.3 Å². The summed E-state index contributed by atoms with van der Waals surface area (Å²) in [7, 11) is 5.43. The number of ether oxygens (including phenoxy) is 2. The molecule has 9 heteroatoms. The number of nitrogens with two attached hydrogens (primary N) is 1. The summed E-state index contributed by atoms with van der Waals surface area (Å²) < 4.78 is 11.6. The number of amides is 2. The molecular formula is C25H43N3O4S2. The first-order valence-electron chi connectivity index (χ1n) is 11.4. The lowest BCUT2D eigenvalue weighted by molar-refractivity contribution is -0.142. The molecule has 0 radical (unpaired) electrons. The highest BCUT2D eigenvalue weighted by Crippen LogP contribution is 2.37. The highest BCUT2D eigenvalue weighted by Gasteiger charge is 2.38. The molecule has 194 valence electrons. The van der Waals surface area contributed by atoms with E-state index in [1.54, 1.807) is 13.8 Å². The Hall–Kier alpha value is -1.71. The Labute approximate surface area is 213 Å². The predicted molar refractivity (Wildman–Crippen MR) is 146 cm³/mol. The van der Waals surface area contributed by atoms with Gasteiger partial charge in [-0.15, -0.1) is 0 Å². The summed E-state index contributed by atoms with van der Waals surface area (Å²) in [6.45, 7) is 16.9. The highest BCUT2D eigenvalue weighted by molar-refractivity contribution is 8.77. The first-order valence-corrected chi connectivity index (χ1v) is 13.7. The summed E-state index contributed by atoms with van der Waals surface area (Å²) in [6.07, 6.45) is 2.21. The van der Waals surface area contributed by atoms with Gasteiger partial charge >= 0.3 is 0 Å². The van der Waals surface area contributed by atoms with Gasteiger partial charge in [0.05, 0.1) is 12.3 Å². The number of carbonyl (C=O) groups excluding carboxylic acids is 2. The topological polar surface area (TPSA) is 103 Å². The van der Waals surface area contributed by atoms with Gasteiger partial charge in [0, 0.05) is 23.0 Å². The Balaban J connectivity index is 0.00000102. The predicted octanol–water partition coefficient (Wildman–Crippen LogP) is 5.42. The van der Waals surface area contributed by atoms with Crippen LogP contribution < -0.4 is 15.9 Å². The van der Waals surface area contributed by atoms with Crippen molar-refractivity contribution in [3.8, 4) is 5.75 Å². The van der Waals surface area contributed by atoms with Gasteiger partial charge in [-0.3, -0.25) is 9.59 Å². The standard InChI is InChI=1S/C18H27N3O4.C7H16S2/c1-13(21-20-12-22)14-6-8-15(9-7-14)25-11-17(2,3)10-18(4,24-5)16(19)23;1-5-7(3,4)9-8-6-2/h6-9,12H,10-11H2,1-5H3,(H2,19,23)(H,20,22);5-6H2,1-4H3/b21-13+;. The van der Waals surface area contributed by atoms with Crippen LogP contribution in [0.3, 0.4) is 0 Å². The van der Waals surface area contributed by atoms with Crippen LogP contribution in [0.1, 0.15) is 73.8 Å². The monoisotopic (exact) mass is 513 g/mol. The van der Waals surface area contributed by atoms with Crippen molar-refractivity contribution in [2.75, 3.05) is 19.5 Å². The minimum atomic E-state index is -1.03. The quantitative estimate of drug-likeness (QED) is 0.149. The van der Waals surface area contributed by atoms with Crippen molar-refractivity contribution < 1.29 is 19.1 Å². The molecule has 0 aliphatic rings. The van der Waals surface area contributed by atoms with Crippen LogP contribution in [0.5, 0.6) is 5.75 Å². The molecule has 1 atom stereocenters. The summed E-state index contributed by atoms with van der Waals surface area (Å²) in [5, 5.41) is 3.89. The third-order valence-corrected chi connectivity index (χ3v) is 8.74. The number of methoxy groups -OCH3 is 1. The number of benzene rings is 1. The number of nitrogens with zero attached hydrogens (tertiary/aromatic N) is 1. The van der Waals surface area contributed by atoms with Gasteiger partial charge in [-0.1, -0.05) is 49.3 Å². The van der Waals surface area contributed by atoms with Gasteiger partial charge in [0.15, 0.2) is 0 Å². The fourth-order valence-electron chi connectivity index (χ4n) is 2.76. The number of rotatable bonds is 14. The molecule has 0 saturated carbocycles. The molecule has 1 rings (SSSR count). The molecular weight excluding hydrogens is 470 g/mol. The third-order valence-electron chi connectivity index (χ3n) is 5.23. The van der Waals surface area contributed by atoms with Gasteiger partial charge in [0.2, 0.25) is 12.3 Å². The van der Waals surface area contributed by atoms with E-state index in [1.165, 1.54) is 19.3 Å². The van der Waals surface area contributed by atoms with E-state index in [4.69, 9.17) is 15.2 Å². The molecule has 3 N–H and O–H groups in total. The van der Waals surface area contributed by atoms with Crippen molar-refractivity contribution in [3.05, 3.63) is 29.8 Å². The first-order chi connectivity index (χ1) is 15.8. The number of primary amides is 1. The summed E-state index contributed by atoms with van der Waals surface area (Å²) in [6, 6.07) is 7.37. The van der Waals surface area contributed by atoms with Crippen LogP contribution in [0.4, 0.5) is 0 Å². The van der Waals surface area contributed by atoms with E-state index in [2.05, 4.69) is 38.2 Å². The zero-order valence-corrected chi connectivity index (χ0v) is 23.8. The van der Waals surface area contributed by atoms with E-state index >= 15 is 0 Å². The van der Waals surface area contributed by atoms with Gasteiger partial charge in [-0.2, -0.15) is 5.10 Å². The molecule has 0 aliphatic carbocycles. The van der Waals surface area contributed by atoms with Crippen LogP contribution in [0.2, 0.25) is 0 Å². The first kappa shape index (κ1) is 32.3. The van der Waals surface area contributed by atoms with E-state index in [9.17, 15) is 9.59 Å². The van der Waals surface area contributed by atoms with Crippen molar-refractivity contribution in [3.63, 3.8) is 0 Å². The molecule has 0 fully saturated rings. The normalized spacial score (nSPS) is 13.9. The molecule has 0 saturated heterocycles. The van der Waals surface area contributed by atoms with Gasteiger partial charge in [0.1, 0.15) is 11.4 Å². The molecule has 0 spiro atoms.